The molecule has 1 aliphatic rings. The van der Waals surface area contributed by atoms with Gasteiger partial charge in [0.1, 0.15) is 6.33 Å². The van der Waals surface area contributed by atoms with Gasteiger partial charge in [-0.1, -0.05) is 25.7 Å². The molecule has 0 saturated heterocycles. The number of nitrogen functional groups attached to an aromatic ring is 1. The number of nitrogens with two attached hydrogens (primary N) is 1. The second kappa shape index (κ2) is 5.14. The zero-order valence-electron chi connectivity index (χ0n) is 9.89. The fraction of sp³-hybridized carbons (Fsp3) is 0.667. The Morgan fingerprint density at radius 3 is 2.56 bits per heavy atom. The summed E-state index contributed by atoms with van der Waals surface area (Å²) in [5.41, 5.74) is 6.58. The highest BCUT2D eigenvalue weighted by Gasteiger charge is 2.19. The van der Waals surface area contributed by atoms with Gasteiger partial charge < -0.3 is 10.6 Å². The Hall–Kier alpha value is -1.32. The second-order valence-electron chi connectivity index (χ2n) is 4.56. The van der Waals surface area contributed by atoms with E-state index >= 15 is 0 Å². The van der Waals surface area contributed by atoms with Crippen LogP contribution in [0.4, 0.5) is 11.5 Å². The van der Waals surface area contributed by atoms with Crippen LogP contribution in [-0.2, 0) is 0 Å². The Morgan fingerprint density at radius 1 is 1.25 bits per heavy atom. The molecule has 1 aliphatic carbocycles. The van der Waals surface area contributed by atoms with Crippen LogP contribution < -0.4 is 10.6 Å². The van der Waals surface area contributed by atoms with E-state index in [4.69, 9.17) is 5.73 Å². The van der Waals surface area contributed by atoms with Crippen molar-refractivity contribution in [2.45, 2.75) is 44.6 Å². The Morgan fingerprint density at radius 2 is 1.94 bits per heavy atom. The van der Waals surface area contributed by atoms with Crippen molar-refractivity contribution in [2.24, 2.45) is 0 Å². The molecule has 2 N–H and O–H groups in total. The molecular formula is C12H20N4. The summed E-state index contributed by atoms with van der Waals surface area (Å²) in [7, 11) is 2.09. The molecule has 0 spiro atoms. The van der Waals surface area contributed by atoms with E-state index in [1.165, 1.54) is 38.5 Å². The van der Waals surface area contributed by atoms with E-state index in [0.29, 0.717) is 11.7 Å². The largest absolute Gasteiger partial charge is 0.394 e. The van der Waals surface area contributed by atoms with E-state index in [2.05, 4.69) is 21.9 Å². The van der Waals surface area contributed by atoms with Gasteiger partial charge in [0.15, 0.2) is 5.82 Å². The molecule has 0 radical (unpaired) electrons. The molecule has 0 aliphatic heterocycles. The molecule has 1 aromatic heterocycles. The SMILES string of the molecule is CN(c1ncncc1N)C1CCCCCC1. The number of nitrogens with zero attached hydrogens (tertiary/aromatic N) is 3. The first kappa shape index (κ1) is 11.2. The predicted octanol–water partition coefficient (Wildman–Crippen LogP) is 2.22. The van der Waals surface area contributed by atoms with Crippen LogP contribution in [0.15, 0.2) is 12.5 Å². The number of aromatic nitrogens is 2. The molecule has 0 amide bonds. The highest BCUT2D eigenvalue weighted by Crippen LogP contribution is 2.26. The van der Waals surface area contributed by atoms with Gasteiger partial charge in [-0.05, 0) is 12.8 Å². The first-order valence-electron chi connectivity index (χ1n) is 6.07. The minimum absolute atomic E-state index is 0.583. The third kappa shape index (κ3) is 2.43. The van der Waals surface area contributed by atoms with Gasteiger partial charge in [0, 0.05) is 13.1 Å². The topological polar surface area (TPSA) is 55.0 Å². The Balaban J connectivity index is 2.11. The molecular weight excluding hydrogens is 200 g/mol. The van der Waals surface area contributed by atoms with E-state index in [9.17, 15) is 0 Å². The maximum absolute atomic E-state index is 5.90. The van der Waals surface area contributed by atoms with Crippen LogP contribution in [0.2, 0.25) is 0 Å². The molecule has 0 atom stereocenters. The summed E-state index contributed by atoms with van der Waals surface area (Å²) in [6.07, 6.45) is 11.1. The zero-order valence-corrected chi connectivity index (χ0v) is 9.89. The molecule has 0 unspecified atom stereocenters. The predicted molar refractivity (Wildman–Crippen MR) is 66.3 cm³/mol. The van der Waals surface area contributed by atoms with E-state index < -0.39 is 0 Å². The van der Waals surface area contributed by atoms with Crippen LogP contribution >= 0.6 is 0 Å². The van der Waals surface area contributed by atoms with Crippen molar-refractivity contribution in [1.29, 1.82) is 0 Å². The van der Waals surface area contributed by atoms with Crippen LogP contribution in [0, 0.1) is 0 Å². The molecule has 16 heavy (non-hydrogen) atoms. The van der Waals surface area contributed by atoms with E-state index in [1.807, 2.05) is 0 Å². The summed E-state index contributed by atoms with van der Waals surface area (Å²) < 4.78 is 0. The van der Waals surface area contributed by atoms with Gasteiger partial charge in [0.2, 0.25) is 0 Å². The quantitative estimate of drug-likeness (QED) is 0.776. The van der Waals surface area contributed by atoms with E-state index in [1.54, 1.807) is 12.5 Å². The lowest BCUT2D eigenvalue weighted by Crippen LogP contribution is -2.32. The molecule has 4 nitrogen and oxygen atoms in total. The lowest BCUT2D eigenvalue weighted by atomic mass is 10.1. The molecule has 1 aromatic rings. The number of hydrogen-bond donors (Lipinski definition) is 1. The monoisotopic (exact) mass is 220 g/mol. The summed E-state index contributed by atoms with van der Waals surface area (Å²) in [5, 5.41) is 0. The second-order valence-corrected chi connectivity index (χ2v) is 4.56. The lowest BCUT2D eigenvalue weighted by molar-refractivity contribution is 0.549. The fourth-order valence-corrected chi connectivity index (χ4v) is 2.45. The highest BCUT2D eigenvalue weighted by atomic mass is 15.2. The van der Waals surface area contributed by atoms with E-state index in [-0.39, 0.29) is 0 Å². The minimum Gasteiger partial charge on any atom is -0.394 e. The van der Waals surface area contributed by atoms with Gasteiger partial charge in [0.25, 0.3) is 0 Å². The van der Waals surface area contributed by atoms with Crippen molar-refractivity contribution in [3.63, 3.8) is 0 Å². The third-order valence-corrected chi connectivity index (χ3v) is 3.43. The molecule has 88 valence electrons. The van der Waals surface area contributed by atoms with Crippen LogP contribution in [0.25, 0.3) is 0 Å². The van der Waals surface area contributed by atoms with Crippen LogP contribution in [0.1, 0.15) is 38.5 Å². The normalized spacial score (nSPS) is 18.1. The summed E-state index contributed by atoms with van der Waals surface area (Å²) in [6.45, 7) is 0. The zero-order chi connectivity index (χ0) is 11.4. The molecule has 1 fully saturated rings. The summed E-state index contributed by atoms with van der Waals surface area (Å²) >= 11 is 0. The van der Waals surface area contributed by atoms with Crippen LogP contribution in [-0.4, -0.2) is 23.1 Å². The highest BCUT2D eigenvalue weighted by molar-refractivity contribution is 5.60. The maximum atomic E-state index is 5.90. The number of rotatable bonds is 2. The van der Waals surface area contributed by atoms with Gasteiger partial charge in [-0.3, -0.25) is 0 Å². The molecule has 4 heteroatoms. The standard InChI is InChI=1S/C12H20N4/c1-16(10-6-4-2-3-5-7-10)12-11(13)8-14-9-15-12/h8-10H,2-7,13H2,1H3. The maximum Gasteiger partial charge on any atom is 0.155 e. The van der Waals surface area contributed by atoms with Gasteiger partial charge >= 0.3 is 0 Å². The van der Waals surface area contributed by atoms with Crippen molar-refractivity contribution < 1.29 is 0 Å². The summed E-state index contributed by atoms with van der Waals surface area (Å²) in [6, 6.07) is 0.583. The van der Waals surface area contributed by atoms with Gasteiger partial charge in [-0.25, -0.2) is 9.97 Å². The molecule has 0 aromatic carbocycles. The average Bonchev–Trinajstić information content (AvgIpc) is 2.57. The summed E-state index contributed by atoms with van der Waals surface area (Å²) in [5.74, 6) is 0.877. The Bertz CT molecular complexity index is 332. The first-order valence-corrected chi connectivity index (χ1v) is 6.07. The van der Waals surface area contributed by atoms with Gasteiger partial charge in [0.05, 0.1) is 11.9 Å². The Labute approximate surface area is 96.9 Å². The lowest BCUT2D eigenvalue weighted by Gasteiger charge is -2.28. The molecule has 1 saturated carbocycles. The van der Waals surface area contributed by atoms with Gasteiger partial charge in [-0.2, -0.15) is 0 Å². The van der Waals surface area contributed by atoms with Gasteiger partial charge in [-0.15, -0.1) is 0 Å². The molecule has 1 heterocycles. The fourth-order valence-electron chi connectivity index (χ4n) is 2.45. The molecule has 0 bridgehead atoms. The van der Waals surface area contributed by atoms with Crippen molar-refractivity contribution in [1.82, 2.24) is 9.97 Å². The van der Waals surface area contributed by atoms with Crippen molar-refractivity contribution in [3.8, 4) is 0 Å². The third-order valence-electron chi connectivity index (χ3n) is 3.43. The first-order chi connectivity index (χ1) is 7.79. The van der Waals surface area contributed by atoms with Crippen molar-refractivity contribution in [3.05, 3.63) is 12.5 Å². The number of anilines is 2. The van der Waals surface area contributed by atoms with Crippen molar-refractivity contribution in [2.75, 3.05) is 17.7 Å². The smallest absolute Gasteiger partial charge is 0.155 e. The van der Waals surface area contributed by atoms with Crippen molar-refractivity contribution >= 4 is 11.5 Å². The minimum atomic E-state index is 0.583. The average molecular weight is 220 g/mol. The summed E-state index contributed by atoms with van der Waals surface area (Å²) in [4.78, 5) is 10.4. The van der Waals surface area contributed by atoms with E-state index in [0.717, 1.165) is 5.82 Å². The Kier molecular flexibility index (Phi) is 3.59. The van der Waals surface area contributed by atoms with Crippen LogP contribution in [0.3, 0.4) is 0 Å². The van der Waals surface area contributed by atoms with Crippen LogP contribution in [0.5, 0.6) is 0 Å². The number of hydrogen-bond acceptors (Lipinski definition) is 4. The molecule has 2 rings (SSSR count).